The van der Waals surface area contributed by atoms with Gasteiger partial charge < -0.3 is 10.1 Å². The average Bonchev–Trinajstić information content (AvgIpc) is 2.61. The van der Waals surface area contributed by atoms with Crippen molar-refractivity contribution in [2.75, 3.05) is 7.11 Å². The predicted molar refractivity (Wildman–Crippen MR) is 87.3 cm³/mol. The number of para-hydroxylation sites is 1. The van der Waals surface area contributed by atoms with Gasteiger partial charge in [0, 0.05) is 24.0 Å². The van der Waals surface area contributed by atoms with Crippen molar-refractivity contribution < 1.29 is 19.2 Å². The lowest BCUT2D eigenvalue weighted by Crippen LogP contribution is -2.45. The van der Waals surface area contributed by atoms with Crippen LogP contribution >= 0.6 is 0 Å². The molecule has 1 fully saturated rings. The lowest BCUT2D eigenvalue weighted by atomic mass is 9.88. The summed E-state index contributed by atoms with van der Waals surface area (Å²) in [4.78, 5) is 35.0. The fraction of sp³-hybridized carbons (Fsp3) is 0.529. The molecule has 1 saturated carbocycles. The summed E-state index contributed by atoms with van der Waals surface area (Å²) in [5, 5.41) is 13.8. The van der Waals surface area contributed by atoms with E-state index in [-0.39, 0.29) is 23.9 Å². The minimum absolute atomic E-state index is 0.0300. The first-order chi connectivity index (χ1) is 11.5. The third-order valence-corrected chi connectivity index (χ3v) is 4.39. The molecule has 24 heavy (non-hydrogen) atoms. The maximum atomic E-state index is 12.4. The number of benzene rings is 1. The summed E-state index contributed by atoms with van der Waals surface area (Å²) in [5.74, 6) is -0.877. The largest absolute Gasteiger partial charge is 0.467 e. The zero-order chi connectivity index (χ0) is 17.5. The zero-order valence-electron chi connectivity index (χ0n) is 13.7. The Hall–Kier alpha value is -2.44. The van der Waals surface area contributed by atoms with Crippen LogP contribution in [-0.2, 0) is 20.7 Å². The highest BCUT2D eigenvalue weighted by Crippen LogP contribution is 2.24. The van der Waals surface area contributed by atoms with Gasteiger partial charge in [-0.05, 0) is 12.8 Å². The minimum Gasteiger partial charge on any atom is -0.467 e. The highest BCUT2D eigenvalue weighted by molar-refractivity contribution is 5.86. The molecule has 0 unspecified atom stereocenters. The third kappa shape index (κ3) is 4.53. The molecule has 1 atom stereocenters. The second kappa shape index (κ2) is 8.42. The van der Waals surface area contributed by atoms with E-state index in [9.17, 15) is 19.7 Å². The van der Waals surface area contributed by atoms with Crippen molar-refractivity contribution >= 4 is 17.6 Å². The number of carbonyl (C=O) groups is 2. The molecule has 0 spiro atoms. The van der Waals surface area contributed by atoms with Crippen LogP contribution in [0.1, 0.15) is 37.7 Å². The topological polar surface area (TPSA) is 98.5 Å². The van der Waals surface area contributed by atoms with Gasteiger partial charge in [0.25, 0.3) is 5.69 Å². The normalized spacial score (nSPS) is 16.2. The lowest BCUT2D eigenvalue weighted by Gasteiger charge is -2.24. The molecule has 1 aromatic rings. The van der Waals surface area contributed by atoms with Crippen molar-refractivity contribution in [2.24, 2.45) is 5.92 Å². The molecule has 1 aliphatic carbocycles. The fourth-order valence-electron chi connectivity index (χ4n) is 3.07. The smallest absolute Gasteiger partial charge is 0.328 e. The summed E-state index contributed by atoms with van der Waals surface area (Å²) in [6.45, 7) is 0. The molecule has 7 heteroatoms. The van der Waals surface area contributed by atoms with E-state index in [4.69, 9.17) is 4.74 Å². The van der Waals surface area contributed by atoms with Gasteiger partial charge in [-0.2, -0.15) is 0 Å². The van der Waals surface area contributed by atoms with E-state index in [2.05, 4.69) is 5.32 Å². The number of methoxy groups -OCH3 is 1. The van der Waals surface area contributed by atoms with Crippen LogP contribution in [0.4, 0.5) is 5.69 Å². The lowest BCUT2D eigenvalue weighted by molar-refractivity contribution is -0.385. The number of rotatable bonds is 6. The maximum absolute atomic E-state index is 12.4. The van der Waals surface area contributed by atoms with Gasteiger partial charge in [0.2, 0.25) is 5.91 Å². The first-order valence-electron chi connectivity index (χ1n) is 8.13. The standard InChI is InChI=1S/C17H22N2O5/c1-24-17(21)14(18-16(20)12-7-3-2-4-8-12)11-13-9-5-6-10-15(13)19(22)23/h5-6,9-10,12,14H,2-4,7-8,11H2,1H3,(H,18,20)/t14-/m1/s1. The summed E-state index contributed by atoms with van der Waals surface area (Å²) in [7, 11) is 1.24. The molecule has 0 aromatic heterocycles. The summed E-state index contributed by atoms with van der Waals surface area (Å²) >= 11 is 0. The van der Waals surface area contributed by atoms with Crippen molar-refractivity contribution in [1.82, 2.24) is 5.32 Å². The molecular formula is C17H22N2O5. The van der Waals surface area contributed by atoms with Crippen molar-refractivity contribution in [3.8, 4) is 0 Å². The Balaban J connectivity index is 2.12. The second-order valence-electron chi connectivity index (χ2n) is 6.01. The van der Waals surface area contributed by atoms with Crippen LogP contribution in [0.2, 0.25) is 0 Å². The van der Waals surface area contributed by atoms with Crippen LogP contribution in [0, 0.1) is 16.0 Å². The Morgan fingerprint density at radius 2 is 1.96 bits per heavy atom. The van der Waals surface area contributed by atoms with Gasteiger partial charge in [0.15, 0.2) is 0 Å². The van der Waals surface area contributed by atoms with Crippen LogP contribution in [0.5, 0.6) is 0 Å². The number of carbonyl (C=O) groups excluding carboxylic acids is 2. The molecule has 0 bridgehead atoms. The van der Waals surface area contributed by atoms with Gasteiger partial charge in [0.1, 0.15) is 6.04 Å². The Kier molecular flexibility index (Phi) is 6.28. The number of nitrogens with zero attached hydrogens (tertiary/aromatic N) is 1. The molecule has 0 heterocycles. The minimum atomic E-state index is -0.925. The van der Waals surface area contributed by atoms with E-state index in [1.54, 1.807) is 18.2 Å². The fourth-order valence-corrected chi connectivity index (χ4v) is 3.07. The molecule has 7 nitrogen and oxygen atoms in total. The molecule has 2 rings (SSSR count). The van der Waals surface area contributed by atoms with Gasteiger partial charge in [-0.1, -0.05) is 37.5 Å². The summed E-state index contributed by atoms with van der Waals surface area (Å²) in [6, 6.07) is 5.27. The van der Waals surface area contributed by atoms with Crippen molar-refractivity contribution in [1.29, 1.82) is 0 Å². The SMILES string of the molecule is COC(=O)[C@@H](Cc1ccccc1[N+](=O)[O-])NC(=O)C1CCCCC1. The zero-order valence-corrected chi connectivity index (χ0v) is 13.7. The molecule has 1 amide bonds. The van der Waals surface area contributed by atoms with Crippen LogP contribution in [0.25, 0.3) is 0 Å². The molecular weight excluding hydrogens is 312 g/mol. The monoisotopic (exact) mass is 334 g/mol. The summed E-state index contributed by atoms with van der Waals surface area (Å²) < 4.78 is 4.75. The molecule has 1 aliphatic rings. The van der Waals surface area contributed by atoms with Crippen LogP contribution < -0.4 is 5.32 Å². The quantitative estimate of drug-likeness (QED) is 0.489. The Morgan fingerprint density at radius 1 is 1.29 bits per heavy atom. The third-order valence-electron chi connectivity index (χ3n) is 4.39. The number of nitro benzene ring substituents is 1. The van der Waals surface area contributed by atoms with Crippen LogP contribution in [-0.4, -0.2) is 30.0 Å². The van der Waals surface area contributed by atoms with E-state index in [1.807, 2.05) is 0 Å². The van der Waals surface area contributed by atoms with Gasteiger partial charge in [-0.3, -0.25) is 14.9 Å². The summed E-state index contributed by atoms with van der Waals surface area (Å²) in [6.07, 6.45) is 4.79. The number of esters is 1. The number of ether oxygens (including phenoxy) is 1. The first-order valence-corrected chi connectivity index (χ1v) is 8.13. The maximum Gasteiger partial charge on any atom is 0.328 e. The van der Waals surface area contributed by atoms with E-state index in [1.165, 1.54) is 13.2 Å². The van der Waals surface area contributed by atoms with Crippen molar-refractivity contribution in [3.05, 3.63) is 39.9 Å². The van der Waals surface area contributed by atoms with Crippen molar-refractivity contribution in [2.45, 2.75) is 44.6 Å². The van der Waals surface area contributed by atoms with Crippen molar-refractivity contribution in [3.63, 3.8) is 0 Å². The van der Waals surface area contributed by atoms with E-state index in [0.29, 0.717) is 5.56 Å². The van der Waals surface area contributed by atoms with E-state index in [0.717, 1.165) is 32.1 Å². The number of hydrogen-bond acceptors (Lipinski definition) is 5. The molecule has 0 radical (unpaired) electrons. The van der Waals surface area contributed by atoms with Gasteiger partial charge >= 0.3 is 5.97 Å². The van der Waals surface area contributed by atoms with Gasteiger partial charge in [-0.15, -0.1) is 0 Å². The summed E-state index contributed by atoms with van der Waals surface area (Å²) in [5.41, 5.74) is 0.320. The van der Waals surface area contributed by atoms with Gasteiger partial charge in [0.05, 0.1) is 12.0 Å². The van der Waals surface area contributed by atoms with Crippen LogP contribution in [0.15, 0.2) is 24.3 Å². The first kappa shape index (κ1) is 17.9. The van der Waals surface area contributed by atoms with Gasteiger partial charge in [-0.25, -0.2) is 4.79 Å². The predicted octanol–water partition coefficient (Wildman–Crippen LogP) is 2.38. The molecule has 130 valence electrons. The second-order valence-corrected chi connectivity index (χ2v) is 6.01. The average molecular weight is 334 g/mol. The number of nitrogens with one attached hydrogen (secondary N) is 1. The number of hydrogen-bond donors (Lipinski definition) is 1. The number of amides is 1. The molecule has 0 aliphatic heterocycles. The highest BCUT2D eigenvalue weighted by atomic mass is 16.6. The number of nitro groups is 1. The Bertz CT molecular complexity index is 611. The Labute approximate surface area is 140 Å². The molecule has 1 N–H and O–H groups in total. The highest BCUT2D eigenvalue weighted by Gasteiger charge is 2.29. The van der Waals surface area contributed by atoms with E-state index >= 15 is 0 Å². The van der Waals surface area contributed by atoms with E-state index < -0.39 is 16.9 Å². The Morgan fingerprint density at radius 3 is 2.58 bits per heavy atom. The van der Waals surface area contributed by atoms with Crippen LogP contribution in [0.3, 0.4) is 0 Å². The molecule has 1 aromatic carbocycles. The molecule has 0 saturated heterocycles.